The Hall–Kier alpha value is -1.83. The molecule has 0 atom stereocenters. The molecule has 0 aliphatic carbocycles. The fourth-order valence-electron chi connectivity index (χ4n) is 1.90. The predicted molar refractivity (Wildman–Crippen MR) is 85.7 cm³/mol. The zero-order valence-corrected chi connectivity index (χ0v) is 12.8. The molecule has 0 fully saturated rings. The molecule has 0 aliphatic rings. The average molecular weight is 318 g/mol. The maximum absolute atomic E-state index is 12.0. The number of benzene rings is 1. The van der Waals surface area contributed by atoms with Gasteiger partial charge in [0.25, 0.3) is 5.91 Å². The third-order valence-electron chi connectivity index (χ3n) is 2.88. The van der Waals surface area contributed by atoms with E-state index in [1.165, 1.54) is 11.3 Å². The van der Waals surface area contributed by atoms with Crippen LogP contribution in [0.5, 0.6) is 0 Å². The van der Waals surface area contributed by atoms with Crippen molar-refractivity contribution in [1.29, 1.82) is 0 Å². The van der Waals surface area contributed by atoms with Gasteiger partial charge < -0.3 is 11.1 Å². The molecule has 1 amide bonds. The summed E-state index contributed by atoms with van der Waals surface area (Å²) in [4.78, 5) is 20.8. The highest BCUT2D eigenvalue weighted by molar-refractivity contribution is 7.18. The largest absolute Gasteiger partial charge is 0.344 e. The molecule has 7 heteroatoms. The number of thiazole rings is 2. The maximum atomic E-state index is 12.0. The summed E-state index contributed by atoms with van der Waals surface area (Å²) in [6.07, 6.45) is 0.704. The molecule has 1 aromatic carbocycles. The quantitative estimate of drug-likeness (QED) is 0.755. The number of hydrogen-bond donors (Lipinski definition) is 2. The van der Waals surface area contributed by atoms with E-state index in [2.05, 4.69) is 15.3 Å². The van der Waals surface area contributed by atoms with Crippen LogP contribution in [0.4, 0.5) is 0 Å². The van der Waals surface area contributed by atoms with Crippen LogP contribution in [0, 0.1) is 0 Å². The normalized spacial score (nSPS) is 10.9. The summed E-state index contributed by atoms with van der Waals surface area (Å²) < 4.78 is 1.13. The summed E-state index contributed by atoms with van der Waals surface area (Å²) in [6, 6.07) is 7.93. The molecule has 0 saturated carbocycles. The highest BCUT2D eigenvalue weighted by Crippen LogP contribution is 2.21. The van der Waals surface area contributed by atoms with Gasteiger partial charge >= 0.3 is 0 Å². The Morgan fingerprint density at radius 2 is 2.10 bits per heavy atom. The van der Waals surface area contributed by atoms with Gasteiger partial charge in [-0.3, -0.25) is 4.79 Å². The van der Waals surface area contributed by atoms with Crippen LogP contribution in [0.3, 0.4) is 0 Å². The van der Waals surface area contributed by atoms with Crippen molar-refractivity contribution in [1.82, 2.24) is 15.3 Å². The minimum atomic E-state index is -0.172. The van der Waals surface area contributed by atoms with E-state index in [-0.39, 0.29) is 5.91 Å². The van der Waals surface area contributed by atoms with E-state index in [9.17, 15) is 4.79 Å². The van der Waals surface area contributed by atoms with Crippen molar-refractivity contribution in [3.63, 3.8) is 0 Å². The Bertz CT molecular complexity index is 732. The number of aromatic nitrogens is 2. The molecule has 21 heavy (non-hydrogen) atoms. The zero-order valence-electron chi connectivity index (χ0n) is 11.2. The van der Waals surface area contributed by atoms with Crippen LogP contribution in [0.2, 0.25) is 0 Å². The van der Waals surface area contributed by atoms with E-state index in [4.69, 9.17) is 5.73 Å². The Balaban J connectivity index is 1.64. The van der Waals surface area contributed by atoms with Crippen molar-refractivity contribution < 1.29 is 4.79 Å². The number of carbonyl (C=O) groups excluding carboxylic acids is 1. The van der Waals surface area contributed by atoms with Gasteiger partial charge in [0.15, 0.2) is 0 Å². The average Bonchev–Trinajstić information content (AvgIpc) is 3.11. The van der Waals surface area contributed by atoms with Crippen molar-refractivity contribution in [2.45, 2.75) is 13.0 Å². The van der Waals surface area contributed by atoms with Crippen molar-refractivity contribution in [3.05, 3.63) is 45.4 Å². The van der Waals surface area contributed by atoms with E-state index >= 15 is 0 Å². The van der Waals surface area contributed by atoms with Gasteiger partial charge in [-0.15, -0.1) is 22.7 Å². The van der Waals surface area contributed by atoms with Gasteiger partial charge in [-0.05, 0) is 18.7 Å². The number of carbonyl (C=O) groups is 1. The molecule has 2 heterocycles. The number of amides is 1. The van der Waals surface area contributed by atoms with Gasteiger partial charge in [0.2, 0.25) is 0 Å². The van der Waals surface area contributed by atoms with E-state index in [0.717, 1.165) is 20.2 Å². The van der Waals surface area contributed by atoms with Crippen LogP contribution in [0.1, 0.15) is 20.5 Å². The number of nitrogens with two attached hydrogens (primary N) is 1. The topological polar surface area (TPSA) is 80.9 Å². The zero-order chi connectivity index (χ0) is 14.7. The van der Waals surface area contributed by atoms with Gasteiger partial charge in [0.1, 0.15) is 10.7 Å². The number of rotatable bonds is 5. The van der Waals surface area contributed by atoms with Gasteiger partial charge in [0.05, 0.1) is 21.8 Å². The third kappa shape index (κ3) is 3.26. The molecule has 2 aromatic heterocycles. The van der Waals surface area contributed by atoms with Gasteiger partial charge in [0, 0.05) is 11.8 Å². The second kappa shape index (κ2) is 6.30. The van der Waals surface area contributed by atoms with Crippen molar-refractivity contribution in [2.24, 2.45) is 5.73 Å². The highest BCUT2D eigenvalue weighted by Gasteiger charge is 2.11. The maximum Gasteiger partial charge on any atom is 0.271 e. The molecular formula is C14H14N4OS2. The van der Waals surface area contributed by atoms with Crippen LogP contribution in [-0.2, 0) is 13.0 Å². The second-order valence-corrected chi connectivity index (χ2v) is 6.48. The molecule has 0 spiro atoms. The summed E-state index contributed by atoms with van der Waals surface area (Å²) in [5.41, 5.74) is 6.89. The lowest BCUT2D eigenvalue weighted by Crippen LogP contribution is -2.23. The molecular weight excluding hydrogens is 304 g/mol. The van der Waals surface area contributed by atoms with E-state index < -0.39 is 0 Å². The number of nitrogens with one attached hydrogen (secondary N) is 1. The predicted octanol–water partition coefficient (Wildman–Crippen LogP) is 2.18. The van der Waals surface area contributed by atoms with E-state index in [1.54, 1.807) is 16.7 Å². The minimum Gasteiger partial charge on any atom is -0.344 e. The summed E-state index contributed by atoms with van der Waals surface area (Å²) in [5.74, 6) is -0.172. The number of fused-ring (bicyclic) bond motifs is 1. The highest BCUT2D eigenvalue weighted by atomic mass is 32.1. The fraction of sp³-hybridized carbons (Fsp3) is 0.214. The summed E-state index contributed by atoms with van der Waals surface area (Å²) in [5, 5.41) is 6.40. The minimum absolute atomic E-state index is 0.172. The molecule has 3 rings (SSSR count). The fourth-order valence-corrected chi connectivity index (χ4v) is 3.60. The molecule has 3 N–H and O–H groups in total. The van der Waals surface area contributed by atoms with Crippen LogP contribution >= 0.6 is 22.7 Å². The second-order valence-electron chi connectivity index (χ2n) is 4.42. The van der Waals surface area contributed by atoms with Crippen molar-refractivity contribution in [3.8, 4) is 0 Å². The molecule has 3 aromatic rings. The standard InChI is InChI=1S/C14H14N4OS2/c15-6-5-12-18-10(8-20-12)14(19)16-7-13-17-9-3-1-2-4-11(9)21-13/h1-4,8H,5-7,15H2,(H,16,19). The van der Waals surface area contributed by atoms with Crippen LogP contribution in [-0.4, -0.2) is 22.4 Å². The molecule has 108 valence electrons. The van der Waals surface area contributed by atoms with E-state index in [0.29, 0.717) is 25.2 Å². The summed E-state index contributed by atoms with van der Waals surface area (Å²) in [7, 11) is 0. The van der Waals surface area contributed by atoms with Crippen LogP contribution in [0.15, 0.2) is 29.6 Å². The van der Waals surface area contributed by atoms with Crippen LogP contribution in [0.25, 0.3) is 10.2 Å². The first kappa shape index (κ1) is 14.1. The smallest absolute Gasteiger partial charge is 0.271 e. The third-order valence-corrected chi connectivity index (χ3v) is 4.83. The molecule has 0 bridgehead atoms. The Labute approximate surface area is 129 Å². The van der Waals surface area contributed by atoms with E-state index in [1.807, 2.05) is 24.3 Å². The number of para-hydroxylation sites is 1. The Morgan fingerprint density at radius 1 is 1.24 bits per heavy atom. The Kier molecular flexibility index (Phi) is 4.23. The lowest BCUT2D eigenvalue weighted by molar-refractivity contribution is 0.0946. The Morgan fingerprint density at radius 3 is 2.90 bits per heavy atom. The SMILES string of the molecule is NCCc1nc(C(=O)NCc2nc3ccccc3s2)cs1. The molecule has 0 unspecified atom stereocenters. The molecule has 0 saturated heterocycles. The van der Waals surface area contributed by atoms with Gasteiger partial charge in [-0.1, -0.05) is 12.1 Å². The van der Waals surface area contributed by atoms with Crippen LogP contribution < -0.4 is 11.1 Å². The van der Waals surface area contributed by atoms with Crippen molar-refractivity contribution in [2.75, 3.05) is 6.54 Å². The first-order chi connectivity index (χ1) is 10.3. The first-order valence-electron chi connectivity index (χ1n) is 6.53. The summed E-state index contributed by atoms with van der Waals surface area (Å²) in [6.45, 7) is 0.961. The van der Waals surface area contributed by atoms with Gasteiger partial charge in [-0.2, -0.15) is 0 Å². The summed E-state index contributed by atoms with van der Waals surface area (Å²) >= 11 is 3.05. The molecule has 0 aliphatic heterocycles. The van der Waals surface area contributed by atoms with Crippen molar-refractivity contribution >= 4 is 38.8 Å². The monoisotopic (exact) mass is 318 g/mol. The van der Waals surface area contributed by atoms with Gasteiger partial charge in [-0.25, -0.2) is 9.97 Å². The number of nitrogens with zero attached hydrogens (tertiary/aromatic N) is 2. The first-order valence-corrected chi connectivity index (χ1v) is 8.23. The molecule has 5 nitrogen and oxygen atoms in total. The lowest BCUT2D eigenvalue weighted by atomic mass is 10.3. The lowest BCUT2D eigenvalue weighted by Gasteiger charge is -1.99. The number of hydrogen-bond acceptors (Lipinski definition) is 6. The molecule has 0 radical (unpaired) electrons.